The van der Waals surface area contributed by atoms with Crippen LogP contribution in [0.1, 0.15) is 18.4 Å². The molecule has 0 amide bonds. The van der Waals surface area contributed by atoms with E-state index in [0.29, 0.717) is 6.61 Å². The van der Waals surface area contributed by atoms with Gasteiger partial charge < -0.3 is 9.47 Å². The quantitative estimate of drug-likeness (QED) is 0.560. The molecule has 0 aliphatic heterocycles. The third-order valence-corrected chi connectivity index (χ3v) is 2.54. The summed E-state index contributed by atoms with van der Waals surface area (Å²) in [6, 6.07) is 9.65. The molecule has 1 aromatic carbocycles. The first-order chi connectivity index (χ1) is 8.24. The van der Waals surface area contributed by atoms with Crippen LogP contribution >= 0.6 is 0 Å². The summed E-state index contributed by atoms with van der Waals surface area (Å²) < 4.78 is 10.2. The number of rotatable bonds is 6. The molecule has 17 heavy (non-hydrogen) atoms. The van der Waals surface area contributed by atoms with Gasteiger partial charge in [0.1, 0.15) is 0 Å². The van der Waals surface area contributed by atoms with Crippen LogP contribution in [0.4, 0.5) is 0 Å². The fourth-order valence-electron chi connectivity index (χ4n) is 1.72. The van der Waals surface area contributed by atoms with Crippen LogP contribution < -0.4 is 0 Å². The normalized spacial score (nSPS) is 13.8. The van der Waals surface area contributed by atoms with E-state index in [1.807, 2.05) is 30.3 Å². The van der Waals surface area contributed by atoms with Crippen molar-refractivity contribution in [3.8, 4) is 0 Å². The topological polar surface area (TPSA) is 35.5 Å². The van der Waals surface area contributed by atoms with Crippen molar-refractivity contribution in [3.05, 3.63) is 48.6 Å². The first-order valence-electron chi connectivity index (χ1n) is 5.61. The smallest absolute Gasteiger partial charge is 0.336 e. The molecule has 0 aromatic heterocycles. The third-order valence-electron chi connectivity index (χ3n) is 2.54. The highest BCUT2D eigenvalue weighted by Gasteiger charge is 2.28. The molecular formula is C14H18O3. The van der Waals surface area contributed by atoms with E-state index in [2.05, 4.69) is 6.58 Å². The molecule has 0 bridgehead atoms. The van der Waals surface area contributed by atoms with Gasteiger partial charge in [0, 0.05) is 13.0 Å². The Morgan fingerprint density at radius 2 is 2.06 bits per heavy atom. The second-order valence-electron chi connectivity index (χ2n) is 3.58. The van der Waals surface area contributed by atoms with Gasteiger partial charge in [-0.05, 0) is 12.5 Å². The minimum Gasteiger partial charge on any atom is -0.464 e. The van der Waals surface area contributed by atoms with Crippen molar-refractivity contribution in [1.29, 1.82) is 0 Å². The summed E-state index contributed by atoms with van der Waals surface area (Å²) in [4.78, 5) is 11.8. The highest BCUT2D eigenvalue weighted by atomic mass is 16.6. The van der Waals surface area contributed by atoms with Crippen molar-refractivity contribution in [1.82, 2.24) is 0 Å². The lowest BCUT2D eigenvalue weighted by Gasteiger charge is -2.21. The van der Waals surface area contributed by atoms with Gasteiger partial charge in [-0.3, -0.25) is 0 Å². The van der Waals surface area contributed by atoms with Crippen molar-refractivity contribution in [2.45, 2.75) is 18.9 Å². The summed E-state index contributed by atoms with van der Waals surface area (Å²) in [5.74, 6) is -0.552. The second-order valence-corrected chi connectivity index (χ2v) is 3.58. The Kier molecular flexibility index (Phi) is 5.43. The Labute approximate surface area is 102 Å². The third kappa shape index (κ3) is 3.43. The van der Waals surface area contributed by atoms with E-state index in [1.54, 1.807) is 13.0 Å². The molecule has 0 saturated heterocycles. The summed E-state index contributed by atoms with van der Waals surface area (Å²) in [5.41, 5.74) is 0.988. The molecule has 1 rings (SSSR count). The number of benzene rings is 1. The highest BCUT2D eigenvalue weighted by molar-refractivity contribution is 5.76. The van der Waals surface area contributed by atoms with Crippen molar-refractivity contribution in [2.75, 3.05) is 13.7 Å². The molecule has 2 atom stereocenters. The Balaban J connectivity index is 2.91. The molecule has 3 heteroatoms. The fraction of sp³-hybridized carbons (Fsp3) is 0.357. The van der Waals surface area contributed by atoms with Crippen LogP contribution in [0.25, 0.3) is 0 Å². The van der Waals surface area contributed by atoms with Gasteiger partial charge >= 0.3 is 5.97 Å². The van der Waals surface area contributed by atoms with Crippen molar-refractivity contribution >= 4 is 5.97 Å². The Hall–Kier alpha value is -1.61. The van der Waals surface area contributed by atoms with Crippen LogP contribution in [-0.4, -0.2) is 25.8 Å². The molecule has 0 spiro atoms. The molecule has 92 valence electrons. The van der Waals surface area contributed by atoms with Gasteiger partial charge in [0.05, 0.1) is 6.61 Å². The van der Waals surface area contributed by atoms with E-state index in [-0.39, 0.29) is 11.9 Å². The Morgan fingerprint density at radius 1 is 1.41 bits per heavy atom. The van der Waals surface area contributed by atoms with Crippen molar-refractivity contribution in [3.63, 3.8) is 0 Å². The predicted molar refractivity (Wildman–Crippen MR) is 66.8 cm³/mol. The van der Waals surface area contributed by atoms with E-state index in [9.17, 15) is 4.79 Å². The standard InChI is InChI=1S/C14H18O3/c1-4-12(11-9-7-6-8-10-11)13(16-3)14(15)17-5-2/h4,6-10,12-13H,1,5H2,2-3H3/t12-,13+/m1/s1. The van der Waals surface area contributed by atoms with Crippen LogP contribution in [0, 0.1) is 0 Å². The van der Waals surface area contributed by atoms with Gasteiger partial charge in [-0.2, -0.15) is 0 Å². The number of hydrogen-bond donors (Lipinski definition) is 0. The first-order valence-corrected chi connectivity index (χ1v) is 5.61. The minimum atomic E-state index is -0.644. The molecule has 0 aliphatic rings. The maximum Gasteiger partial charge on any atom is 0.336 e. The molecule has 0 radical (unpaired) electrons. The van der Waals surface area contributed by atoms with Gasteiger partial charge in [-0.25, -0.2) is 4.79 Å². The summed E-state index contributed by atoms with van der Waals surface area (Å²) in [6.07, 6.45) is 1.07. The number of hydrogen-bond acceptors (Lipinski definition) is 3. The lowest BCUT2D eigenvalue weighted by atomic mass is 9.93. The fourth-order valence-corrected chi connectivity index (χ4v) is 1.72. The SMILES string of the molecule is C=C[C@H](c1ccccc1)[C@H](OC)C(=O)OCC. The average Bonchev–Trinajstić information content (AvgIpc) is 2.37. The van der Waals surface area contributed by atoms with E-state index >= 15 is 0 Å². The molecule has 0 fully saturated rings. The van der Waals surface area contributed by atoms with Gasteiger partial charge in [0.25, 0.3) is 0 Å². The number of methoxy groups -OCH3 is 1. The molecule has 1 aromatic rings. The monoisotopic (exact) mass is 234 g/mol. The van der Waals surface area contributed by atoms with Crippen LogP contribution in [0.3, 0.4) is 0 Å². The minimum absolute atomic E-state index is 0.194. The summed E-state index contributed by atoms with van der Waals surface area (Å²) in [5, 5.41) is 0. The largest absolute Gasteiger partial charge is 0.464 e. The van der Waals surface area contributed by atoms with Gasteiger partial charge in [-0.15, -0.1) is 6.58 Å². The number of ether oxygens (including phenoxy) is 2. The van der Waals surface area contributed by atoms with Crippen LogP contribution in [-0.2, 0) is 14.3 Å². The predicted octanol–water partition coefficient (Wildman–Crippen LogP) is 2.53. The molecule has 0 heterocycles. The molecule has 0 aliphatic carbocycles. The molecule has 0 saturated carbocycles. The average molecular weight is 234 g/mol. The zero-order valence-electron chi connectivity index (χ0n) is 10.3. The maximum absolute atomic E-state index is 11.8. The van der Waals surface area contributed by atoms with Crippen molar-refractivity contribution < 1.29 is 14.3 Å². The molecular weight excluding hydrogens is 216 g/mol. The Morgan fingerprint density at radius 3 is 2.53 bits per heavy atom. The summed E-state index contributed by atoms with van der Waals surface area (Å²) in [6.45, 7) is 5.88. The van der Waals surface area contributed by atoms with E-state index in [4.69, 9.17) is 9.47 Å². The molecule has 0 unspecified atom stereocenters. The summed E-state index contributed by atoms with van der Waals surface area (Å²) >= 11 is 0. The van der Waals surface area contributed by atoms with Gasteiger partial charge in [0.15, 0.2) is 6.10 Å². The first kappa shape index (κ1) is 13.5. The second kappa shape index (κ2) is 6.86. The number of esters is 1. The lowest BCUT2D eigenvalue weighted by Crippen LogP contribution is -2.31. The zero-order chi connectivity index (χ0) is 12.7. The summed E-state index contributed by atoms with van der Waals surface area (Å²) in [7, 11) is 1.50. The van der Waals surface area contributed by atoms with Crippen LogP contribution in [0.15, 0.2) is 43.0 Å². The van der Waals surface area contributed by atoms with Crippen LogP contribution in [0.5, 0.6) is 0 Å². The zero-order valence-corrected chi connectivity index (χ0v) is 10.3. The Bertz CT molecular complexity index is 359. The molecule has 0 N–H and O–H groups in total. The lowest BCUT2D eigenvalue weighted by molar-refractivity contribution is -0.155. The highest BCUT2D eigenvalue weighted by Crippen LogP contribution is 2.23. The molecule has 3 nitrogen and oxygen atoms in total. The number of carbonyl (C=O) groups excluding carboxylic acids is 1. The van der Waals surface area contributed by atoms with Crippen molar-refractivity contribution in [2.24, 2.45) is 0 Å². The number of carbonyl (C=O) groups is 1. The van der Waals surface area contributed by atoms with E-state index < -0.39 is 6.10 Å². The maximum atomic E-state index is 11.8. The van der Waals surface area contributed by atoms with Crippen LogP contribution in [0.2, 0.25) is 0 Å². The van der Waals surface area contributed by atoms with E-state index in [0.717, 1.165) is 5.56 Å². The van der Waals surface area contributed by atoms with E-state index in [1.165, 1.54) is 7.11 Å². The van der Waals surface area contributed by atoms with Gasteiger partial charge in [-0.1, -0.05) is 36.4 Å². The van der Waals surface area contributed by atoms with Gasteiger partial charge in [0.2, 0.25) is 0 Å².